The van der Waals surface area contributed by atoms with Gasteiger partial charge in [0.15, 0.2) is 12.4 Å². The van der Waals surface area contributed by atoms with Crippen LogP contribution >= 0.6 is 11.6 Å². The summed E-state index contributed by atoms with van der Waals surface area (Å²) >= 11 is 5.87. The fraction of sp³-hybridized carbons (Fsp3) is 0.312. The molecule has 1 amide bonds. The van der Waals surface area contributed by atoms with Crippen LogP contribution in [0.3, 0.4) is 0 Å². The molecule has 0 radical (unpaired) electrons. The van der Waals surface area contributed by atoms with Crippen LogP contribution in [0.2, 0.25) is 5.02 Å². The SMILES string of the molecule is CC(=O)c1cc(Cl)ccc1OCC(=O)Nc1c(C)nn(C)c1C. The Morgan fingerprint density at radius 2 is 2.04 bits per heavy atom. The molecule has 23 heavy (non-hydrogen) atoms. The second-order valence-corrected chi connectivity index (χ2v) is 5.64. The Kier molecular flexibility index (Phi) is 5.05. The second-order valence-electron chi connectivity index (χ2n) is 5.20. The number of hydrogen-bond acceptors (Lipinski definition) is 4. The number of Topliss-reactive ketones (excluding diaryl/α,β-unsaturated/α-hetero) is 1. The van der Waals surface area contributed by atoms with Crippen molar-refractivity contribution in [1.29, 1.82) is 0 Å². The van der Waals surface area contributed by atoms with Crippen molar-refractivity contribution in [3.63, 3.8) is 0 Å². The third-order valence-electron chi connectivity index (χ3n) is 3.45. The predicted molar refractivity (Wildman–Crippen MR) is 88.3 cm³/mol. The molecule has 1 N–H and O–H groups in total. The maximum Gasteiger partial charge on any atom is 0.262 e. The van der Waals surface area contributed by atoms with Gasteiger partial charge in [-0.2, -0.15) is 5.10 Å². The number of anilines is 1. The zero-order valence-electron chi connectivity index (χ0n) is 13.4. The zero-order valence-corrected chi connectivity index (χ0v) is 14.2. The summed E-state index contributed by atoms with van der Waals surface area (Å²) in [6.45, 7) is 4.89. The van der Waals surface area contributed by atoms with Gasteiger partial charge in [-0.3, -0.25) is 14.3 Å². The van der Waals surface area contributed by atoms with Crippen LogP contribution in [-0.2, 0) is 11.8 Å². The Labute approximate surface area is 139 Å². The lowest BCUT2D eigenvalue weighted by Gasteiger charge is -2.10. The predicted octanol–water partition coefficient (Wildman–Crippen LogP) is 2.91. The monoisotopic (exact) mass is 335 g/mol. The van der Waals surface area contributed by atoms with Crippen LogP contribution in [0, 0.1) is 13.8 Å². The number of halogens is 1. The number of hydrogen-bond donors (Lipinski definition) is 1. The molecule has 0 aliphatic carbocycles. The molecule has 122 valence electrons. The van der Waals surface area contributed by atoms with Crippen LogP contribution in [0.5, 0.6) is 5.75 Å². The maximum absolute atomic E-state index is 12.1. The highest BCUT2D eigenvalue weighted by Gasteiger charge is 2.14. The molecule has 0 saturated carbocycles. The first kappa shape index (κ1) is 17.0. The molecule has 7 heteroatoms. The van der Waals surface area contributed by atoms with Crippen molar-refractivity contribution in [2.24, 2.45) is 7.05 Å². The smallest absolute Gasteiger partial charge is 0.262 e. The van der Waals surface area contributed by atoms with E-state index in [2.05, 4.69) is 10.4 Å². The Bertz CT molecular complexity index is 768. The third-order valence-corrected chi connectivity index (χ3v) is 3.69. The third kappa shape index (κ3) is 3.90. The summed E-state index contributed by atoms with van der Waals surface area (Å²) in [4.78, 5) is 23.7. The van der Waals surface area contributed by atoms with Gasteiger partial charge in [-0.05, 0) is 39.0 Å². The fourth-order valence-electron chi connectivity index (χ4n) is 2.18. The molecule has 0 fully saturated rings. The molecule has 0 unspecified atom stereocenters. The summed E-state index contributed by atoms with van der Waals surface area (Å²) in [6.07, 6.45) is 0. The number of amides is 1. The number of ether oxygens (including phenoxy) is 1. The van der Waals surface area contributed by atoms with Gasteiger partial charge in [-0.1, -0.05) is 11.6 Å². The molecule has 6 nitrogen and oxygen atoms in total. The molecule has 0 bridgehead atoms. The van der Waals surface area contributed by atoms with Crippen LogP contribution in [0.4, 0.5) is 5.69 Å². The van der Waals surface area contributed by atoms with Gasteiger partial charge >= 0.3 is 0 Å². The van der Waals surface area contributed by atoms with E-state index in [1.165, 1.54) is 13.0 Å². The van der Waals surface area contributed by atoms with Crippen LogP contribution in [-0.4, -0.2) is 28.1 Å². The minimum absolute atomic E-state index is 0.179. The first-order valence-electron chi connectivity index (χ1n) is 7.03. The minimum Gasteiger partial charge on any atom is -0.483 e. The molecule has 0 spiro atoms. The Hall–Kier alpha value is -2.34. The average molecular weight is 336 g/mol. The van der Waals surface area contributed by atoms with Crippen LogP contribution in [0.15, 0.2) is 18.2 Å². The molecule has 1 heterocycles. The van der Waals surface area contributed by atoms with E-state index in [0.29, 0.717) is 22.0 Å². The number of carbonyl (C=O) groups is 2. The number of ketones is 1. The summed E-state index contributed by atoms with van der Waals surface area (Å²) in [7, 11) is 1.81. The molecule has 2 aromatic rings. The normalized spacial score (nSPS) is 10.5. The quantitative estimate of drug-likeness (QED) is 0.853. The molecular formula is C16H18ClN3O3. The van der Waals surface area contributed by atoms with Gasteiger partial charge in [0, 0.05) is 12.1 Å². The largest absolute Gasteiger partial charge is 0.483 e. The fourth-order valence-corrected chi connectivity index (χ4v) is 2.35. The molecule has 1 aromatic heterocycles. The molecule has 0 atom stereocenters. The first-order chi connectivity index (χ1) is 10.8. The van der Waals surface area contributed by atoms with E-state index < -0.39 is 0 Å². The molecule has 0 aliphatic rings. The van der Waals surface area contributed by atoms with Crippen molar-refractivity contribution in [3.05, 3.63) is 40.2 Å². The molecular weight excluding hydrogens is 318 g/mol. The number of nitrogens with zero attached hydrogens (tertiary/aromatic N) is 2. The topological polar surface area (TPSA) is 73.2 Å². The van der Waals surface area contributed by atoms with Crippen LogP contribution in [0.25, 0.3) is 0 Å². The zero-order chi connectivity index (χ0) is 17.1. The van der Waals surface area contributed by atoms with Crippen molar-refractivity contribution < 1.29 is 14.3 Å². The van der Waals surface area contributed by atoms with Gasteiger partial charge in [-0.15, -0.1) is 0 Å². The van der Waals surface area contributed by atoms with E-state index in [1.54, 1.807) is 23.9 Å². The molecule has 0 aliphatic heterocycles. The van der Waals surface area contributed by atoms with E-state index in [9.17, 15) is 9.59 Å². The Morgan fingerprint density at radius 3 is 2.61 bits per heavy atom. The van der Waals surface area contributed by atoms with E-state index in [0.717, 1.165) is 11.4 Å². The number of benzene rings is 1. The van der Waals surface area contributed by atoms with Gasteiger partial charge < -0.3 is 10.1 Å². The van der Waals surface area contributed by atoms with Gasteiger partial charge in [-0.25, -0.2) is 0 Å². The van der Waals surface area contributed by atoms with Crippen molar-refractivity contribution >= 4 is 29.0 Å². The second kappa shape index (κ2) is 6.83. The van der Waals surface area contributed by atoms with Gasteiger partial charge in [0.05, 0.1) is 22.6 Å². The standard InChI is InChI=1S/C16H18ClN3O3/c1-9-16(10(2)20(4)19-9)18-15(22)8-23-14-6-5-12(17)7-13(14)11(3)21/h5-7H,8H2,1-4H3,(H,18,22). The van der Waals surface area contributed by atoms with Crippen molar-refractivity contribution in [3.8, 4) is 5.75 Å². The van der Waals surface area contributed by atoms with Crippen molar-refractivity contribution in [1.82, 2.24) is 9.78 Å². The van der Waals surface area contributed by atoms with Gasteiger partial charge in [0.25, 0.3) is 5.91 Å². The number of rotatable bonds is 5. The summed E-state index contributed by atoms with van der Waals surface area (Å²) in [5.74, 6) is -0.174. The number of nitrogens with one attached hydrogen (secondary N) is 1. The van der Waals surface area contributed by atoms with Gasteiger partial charge in [0.1, 0.15) is 5.75 Å². The molecule has 1 aromatic carbocycles. The lowest BCUT2D eigenvalue weighted by Crippen LogP contribution is -2.21. The summed E-state index contributed by atoms with van der Waals surface area (Å²) < 4.78 is 7.15. The van der Waals surface area contributed by atoms with Crippen molar-refractivity contribution in [2.45, 2.75) is 20.8 Å². The number of aromatic nitrogens is 2. The Morgan fingerprint density at radius 1 is 1.35 bits per heavy atom. The first-order valence-corrected chi connectivity index (χ1v) is 7.40. The summed E-state index contributed by atoms with van der Waals surface area (Å²) in [5.41, 5.74) is 2.60. The average Bonchev–Trinajstić information content (AvgIpc) is 2.72. The van der Waals surface area contributed by atoms with Gasteiger partial charge in [0.2, 0.25) is 0 Å². The number of carbonyl (C=O) groups excluding carboxylic acids is 2. The summed E-state index contributed by atoms with van der Waals surface area (Å²) in [5, 5.41) is 7.44. The molecule has 2 rings (SSSR count). The van der Waals surface area contributed by atoms with Crippen molar-refractivity contribution in [2.75, 3.05) is 11.9 Å². The lowest BCUT2D eigenvalue weighted by atomic mass is 10.1. The summed E-state index contributed by atoms with van der Waals surface area (Å²) in [6, 6.07) is 4.70. The highest BCUT2D eigenvalue weighted by atomic mass is 35.5. The van der Waals surface area contributed by atoms with Crippen LogP contribution < -0.4 is 10.1 Å². The van der Waals surface area contributed by atoms with E-state index in [1.807, 2.05) is 13.8 Å². The lowest BCUT2D eigenvalue weighted by molar-refractivity contribution is -0.118. The minimum atomic E-state index is -0.325. The van der Waals surface area contributed by atoms with Crippen LogP contribution in [0.1, 0.15) is 28.7 Å². The van der Waals surface area contributed by atoms with E-state index in [-0.39, 0.29) is 18.3 Å². The maximum atomic E-state index is 12.1. The highest BCUT2D eigenvalue weighted by molar-refractivity contribution is 6.31. The molecule has 0 saturated heterocycles. The highest BCUT2D eigenvalue weighted by Crippen LogP contribution is 2.23. The Balaban J connectivity index is 2.07. The van der Waals surface area contributed by atoms with E-state index >= 15 is 0 Å². The number of aryl methyl sites for hydroxylation is 2. The van der Waals surface area contributed by atoms with E-state index in [4.69, 9.17) is 16.3 Å².